The van der Waals surface area contributed by atoms with Crippen molar-refractivity contribution < 1.29 is 13.5 Å². The molecule has 0 radical (unpaired) electrons. The second-order valence-corrected chi connectivity index (χ2v) is 7.70. The van der Waals surface area contributed by atoms with E-state index in [0.29, 0.717) is 6.54 Å². The molecule has 6 heteroatoms. The Morgan fingerprint density at radius 1 is 1.11 bits per heavy atom. The van der Waals surface area contributed by atoms with Crippen LogP contribution < -0.4 is 0 Å². The summed E-state index contributed by atoms with van der Waals surface area (Å²) in [5.41, 5.74) is 0. The van der Waals surface area contributed by atoms with Gasteiger partial charge in [0.25, 0.3) is 10.2 Å². The molecule has 1 aliphatic carbocycles. The third-order valence-corrected chi connectivity index (χ3v) is 6.63. The first kappa shape index (κ1) is 15.2. The number of rotatable bonds is 4. The quantitative estimate of drug-likeness (QED) is 0.850. The molecule has 2 aliphatic rings. The maximum Gasteiger partial charge on any atom is 0.282 e. The van der Waals surface area contributed by atoms with Crippen molar-refractivity contribution in [2.45, 2.75) is 63.5 Å². The molecule has 5 nitrogen and oxygen atoms in total. The Hall–Kier alpha value is -0.170. The van der Waals surface area contributed by atoms with Gasteiger partial charge in [-0.05, 0) is 25.7 Å². The molecule has 0 amide bonds. The molecule has 1 N–H and O–H groups in total. The standard InChI is InChI=1S/C13H26N2O3S/c1-14(12-7-3-2-4-8-12)19(17,18)15-10-6-5-9-13(15)11-16/h12-13,16H,2-11H2,1H3. The van der Waals surface area contributed by atoms with Crippen LogP contribution in [0.3, 0.4) is 0 Å². The number of hydrogen-bond acceptors (Lipinski definition) is 3. The van der Waals surface area contributed by atoms with E-state index in [2.05, 4.69) is 0 Å². The highest BCUT2D eigenvalue weighted by Crippen LogP contribution is 2.27. The van der Waals surface area contributed by atoms with Gasteiger partial charge in [-0.2, -0.15) is 17.0 Å². The second-order valence-electron chi connectivity index (χ2n) is 5.76. The Morgan fingerprint density at radius 3 is 2.37 bits per heavy atom. The van der Waals surface area contributed by atoms with Crippen LogP contribution in [-0.4, -0.2) is 54.4 Å². The van der Waals surface area contributed by atoms with Crippen molar-refractivity contribution in [3.8, 4) is 0 Å². The molecule has 0 aromatic rings. The molecule has 1 saturated carbocycles. The molecule has 1 unspecified atom stereocenters. The maximum absolute atomic E-state index is 12.7. The third-order valence-electron chi connectivity index (χ3n) is 4.53. The molecule has 1 atom stereocenters. The first-order chi connectivity index (χ1) is 9.07. The molecule has 0 aromatic heterocycles. The zero-order valence-electron chi connectivity index (χ0n) is 11.8. The predicted octanol–water partition coefficient (Wildman–Crippen LogP) is 1.34. The van der Waals surface area contributed by atoms with E-state index in [1.165, 1.54) is 10.7 Å². The minimum Gasteiger partial charge on any atom is -0.395 e. The molecule has 0 aromatic carbocycles. The van der Waals surface area contributed by atoms with Crippen LogP contribution in [0.4, 0.5) is 0 Å². The number of aliphatic hydroxyl groups excluding tert-OH is 1. The van der Waals surface area contributed by atoms with Gasteiger partial charge in [0.05, 0.1) is 6.61 Å². The number of aliphatic hydroxyl groups is 1. The van der Waals surface area contributed by atoms with Gasteiger partial charge in [-0.15, -0.1) is 0 Å². The summed E-state index contributed by atoms with van der Waals surface area (Å²) in [6.45, 7) is 0.475. The smallest absolute Gasteiger partial charge is 0.282 e. The van der Waals surface area contributed by atoms with Crippen molar-refractivity contribution >= 4 is 10.2 Å². The van der Waals surface area contributed by atoms with Gasteiger partial charge in [0.2, 0.25) is 0 Å². The summed E-state index contributed by atoms with van der Waals surface area (Å²) in [5.74, 6) is 0. The lowest BCUT2D eigenvalue weighted by molar-refractivity contribution is 0.144. The highest BCUT2D eigenvalue weighted by Gasteiger charge is 2.37. The van der Waals surface area contributed by atoms with Gasteiger partial charge < -0.3 is 5.11 Å². The normalized spacial score (nSPS) is 27.8. The van der Waals surface area contributed by atoms with E-state index in [0.717, 1.165) is 44.9 Å². The fraction of sp³-hybridized carbons (Fsp3) is 1.00. The highest BCUT2D eigenvalue weighted by molar-refractivity contribution is 7.86. The highest BCUT2D eigenvalue weighted by atomic mass is 32.2. The summed E-state index contributed by atoms with van der Waals surface area (Å²) in [4.78, 5) is 0. The SMILES string of the molecule is CN(C1CCCCC1)S(=O)(=O)N1CCCCC1CO. The topological polar surface area (TPSA) is 60.9 Å². The molecule has 0 bridgehead atoms. The number of piperidine rings is 1. The van der Waals surface area contributed by atoms with Gasteiger partial charge >= 0.3 is 0 Å². The third kappa shape index (κ3) is 3.29. The molecule has 0 spiro atoms. The van der Waals surface area contributed by atoms with E-state index >= 15 is 0 Å². The fourth-order valence-corrected chi connectivity index (χ4v) is 5.09. The van der Waals surface area contributed by atoms with Gasteiger partial charge in [-0.25, -0.2) is 0 Å². The van der Waals surface area contributed by atoms with E-state index in [1.807, 2.05) is 0 Å². The summed E-state index contributed by atoms with van der Waals surface area (Å²) < 4.78 is 28.5. The zero-order valence-corrected chi connectivity index (χ0v) is 12.6. The molecule has 112 valence electrons. The van der Waals surface area contributed by atoms with Gasteiger partial charge in [0.15, 0.2) is 0 Å². The first-order valence-electron chi connectivity index (χ1n) is 7.43. The lowest BCUT2D eigenvalue weighted by Gasteiger charge is -2.39. The molecule has 2 fully saturated rings. The van der Waals surface area contributed by atoms with Crippen LogP contribution in [0.2, 0.25) is 0 Å². The van der Waals surface area contributed by atoms with Crippen LogP contribution in [0.25, 0.3) is 0 Å². The van der Waals surface area contributed by atoms with Crippen LogP contribution in [0.1, 0.15) is 51.4 Å². The number of hydrogen-bond donors (Lipinski definition) is 1. The largest absolute Gasteiger partial charge is 0.395 e. The summed E-state index contributed by atoms with van der Waals surface area (Å²) in [5, 5.41) is 9.39. The molecular formula is C13H26N2O3S. The van der Waals surface area contributed by atoms with E-state index in [9.17, 15) is 13.5 Å². The molecule has 2 rings (SSSR count). The zero-order chi connectivity index (χ0) is 13.9. The summed E-state index contributed by atoms with van der Waals surface area (Å²) in [6, 6.07) is -0.0928. The van der Waals surface area contributed by atoms with Crippen molar-refractivity contribution in [3.05, 3.63) is 0 Å². The number of nitrogens with zero attached hydrogens (tertiary/aromatic N) is 2. The predicted molar refractivity (Wildman–Crippen MR) is 75.0 cm³/mol. The van der Waals surface area contributed by atoms with Gasteiger partial charge in [0, 0.05) is 25.7 Å². The lowest BCUT2D eigenvalue weighted by atomic mass is 9.96. The Kier molecular flexibility index (Phi) is 5.22. The van der Waals surface area contributed by atoms with Crippen LogP contribution in [0.15, 0.2) is 0 Å². The summed E-state index contributed by atoms with van der Waals surface area (Å²) >= 11 is 0. The van der Waals surface area contributed by atoms with E-state index in [4.69, 9.17) is 0 Å². The lowest BCUT2D eigenvalue weighted by Crippen LogP contribution is -2.53. The average Bonchev–Trinajstić information content (AvgIpc) is 2.47. The fourth-order valence-electron chi connectivity index (χ4n) is 3.26. The first-order valence-corrected chi connectivity index (χ1v) is 8.82. The maximum atomic E-state index is 12.7. The van der Waals surface area contributed by atoms with Crippen molar-refractivity contribution in [1.29, 1.82) is 0 Å². The monoisotopic (exact) mass is 290 g/mol. The molecule has 1 saturated heterocycles. The van der Waals surface area contributed by atoms with Crippen molar-refractivity contribution in [1.82, 2.24) is 8.61 Å². The van der Waals surface area contributed by atoms with Gasteiger partial charge in [-0.3, -0.25) is 0 Å². The Morgan fingerprint density at radius 2 is 1.74 bits per heavy atom. The van der Waals surface area contributed by atoms with Crippen LogP contribution >= 0.6 is 0 Å². The Balaban J connectivity index is 2.10. The van der Waals surface area contributed by atoms with Crippen molar-refractivity contribution in [3.63, 3.8) is 0 Å². The average molecular weight is 290 g/mol. The van der Waals surface area contributed by atoms with Crippen LogP contribution in [0, 0.1) is 0 Å². The minimum absolute atomic E-state index is 0.0717. The van der Waals surface area contributed by atoms with Crippen molar-refractivity contribution in [2.24, 2.45) is 0 Å². The molecular weight excluding hydrogens is 264 g/mol. The summed E-state index contributed by atoms with van der Waals surface area (Å²) in [7, 11) is -1.71. The van der Waals surface area contributed by atoms with Gasteiger partial charge in [0.1, 0.15) is 0 Å². The van der Waals surface area contributed by atoms with E-state index in [-0.39, 0.29) is 18.7 Å². The van der Waals surface area contributed by atoms with E-state index in [1.54, 1.807) is 11.4 Å². The molecule has 1 heterocycles. The molecule has 1 aliphatic heterocycles. The van der Waals surface area contributed by atoms with Crippen LogP contribution in [0.5, 0.6) is 0 Å². The molecule has 19 heavy (non-hydrogen) atoms. The minimum atomic E-state index is -3.42. The summed E-state index contributed by atoms with van der Waals surface area (Å²) in [6.07, 6.45) is 8.06. The Labute approximate surface area is 116 Å². The van der Waals surface area contributed by atoms with Crippen molar-refractivity contribution in [2.75, 3.05) is 20.2 Å². The van der Waals surface area contributed by atoms with Crippen LogP contribution in [-0.2, 0) is 10.2 Å². The van der Waals surface area contributed by atoms with Gasteiger partial charge in [-0.1, -0.05) is 25.7 Å². The second kappa shape index (κ2) is 6.52. The van der Waals surface area contributed by atoms with E-state index < -0.39 is 10.2 Å². The Bertz CT molecular complexity index is 379.